The Morgan fingerprint density at radius 1 is 1.39 bits per heavy atom. The van der Waals surface area contributed by atoms with Crippen LogP contribution in [0.1, 0.15) is 43.7 Å². The lowest BCUT2D eigenvalue weighted by molar-refractivity contribution is 0.216. The monoisotopic (exact) mass is 266 g/mol. The number of nitrogens with zero attached hydrogens (tertiary/aromatic N) is 1. The van der Waals surface area contributed by atoms with Crippen molar-refractivity contribution in [1.82, 2.24) is 10.3 Å². The van der Waals surface area contributed by atoms with Crippen LogP contribution in [0, 0.1) is 12.8 Å². The zero-order valence-electron chi connectivity index (χ0n) is 11.4. The largest absolute Gasteiger partial charge is 0.306 e. The van der Waals surface area contributed by atoms with Gasteiger partial charge in [-0.3, -0.25) is 4.98 Å². The third-order valence-electron chi connectivity index (χ3n) is 4.09. The van der Waals surface area contributed by atoms with Crippen LogP contribution in [0.25, 0.3) is 0 Å². The summed E-state index contributed by atoms with van der Waals surface area (Å²) in [5, 5.41) is 3.68. The van der Waals surface area contributed by atoms with E-state index in [1.165, 1.54) is 36.8 Å². The van der Waals surface area contributed by atoms with Gasteiger partial charge in [0.2, 0.25) is 0 Å². The molecule has 1 N–H and O–H groups in total. The molecule has 0 saturated heterocycles. The van der Waals surface area contributed by atoms with Crippen molar-refractivity contribution in [3.8, 4) is 0 Å². The molecule has 0 aromatic carbocycles. The second kappa shape index (κ2) is 6.03. The molecular formula is C15H23ClN2. The first-order chi connectivity index (χ1) is 8.63. The first-order valence-electron chi connectivity index (χ1n) is 6.85. The first-order valence-corrected chi connectivity index (χ1v) is 7.38. The zero-order valence-corrected chi connectivity index (χ0v) is 12.1. The van der Waals surface area contributed by atoms with Gasteiger partial charge >= 0.3 is 0 Å². The number of aryl methyl sites for hydroxylation is 1. The molecule has 100 valence electrons. The van der Waals surface area contributed by atoms with Crippen molar-refractivity contribution < 1.29 is 0 Å². The third kappa shape index (κ3) is 3.46. The summed E-state index contributed by atoms with van der Waals surface area (Å²) in [5.41, 5.74) is 2.60. The van der Waals surface area contributed by atoms with Crippen molar-refractivity contribution in [3.05, 3.63) is 29.6 Å². The Morgan fingerprint density at radius 3 is 2.72 bits per heavy atom. The number of alkyl halides is 1. The molecule has 0 radical (unpaired) electrons. The lowest BCUT2D eigenvalue weighted by atomic mass is 9.78. The molecule has 1 saturated carbocycles. The van der Waals surface area contributed by atoms with Crippen LogP contribution in [0.2, 0.25) is 0 Å². The number of rotatable bonds is 4. The second-order valence-electron chi connectivity index (χ2n) is 5.82. The molecule has 2 rings (SSSR count). The van der Waals surface area contributed by atoms with Crippen LogP contribution in [0.5, 0.6) is 0 Å². The highest BCUT2D eigenvalue weighted by molar-refractivity contribution is 6.18. The summed E-state index contributed by atoms with van der Waals surface area (Å²) in [5.74, 6) is 1.56. The van der Waals surface area contributed by atoms with Crippen LogP contribution in [0.15, 0.2) is 18.5 Å². The standard InChI is InChI=1S/C15H23ClN2/c1-12-3-5-15(11-16,6-4-12)18-10-14-7-13(2)8-17-9-14/h7-9,12,18H,3-6,10-11H2,1-2H3. The van der Waals surface area contributed by atoms with E-state index in [9.17, 15) is 0 Å². The quantitative estimate of drug-likeness (QED) is 0.842. The lowest BCUT2D eigenvalue weighted by Gasteiger charge is -2.39. The predicted molar refractivity (Wildman–Crippen MR) is 76.9 cm³/mol. The van der Waals surface area contributed by atoms with Crippen LogP contribution in [-0.4, -0.2) is 16.4 Å². The summed E-state index contributed by atoms with van der Waals surface area (Å²) in [7, 11) is 0. The molecule has 0 unspecified atom stereocenters. The zero-order chi connectivity index (χ0) is 13.0. The summed E-state index contributed by atoms with van der Waals surface area (Å²) in [6, 6.07) is 2.19. The Hall–Kier alpha value is -0.600. The van der Waals surface area contributed by atoms with Gasteiger partial charge in [-0.05, 0) is 49.7 Å². The molecule has 3 heteroatoms. The van der Waals surface area contributed by atoms with E-state index < -0.39 is 0 Å². The number of nitrogens with one attached hydrogen (secondary N) is 1. The second-order valence-corrected chi connectivity index (χ2v) is 6.09. The summed E-state index contributed by atoms with van der Waals surface area (Å²) >= 11 is 6.20. The van der Waals surface area contributed by atoms with Crippen molar-refractivity contribution in [2.75, 3.05) is 5.88 Å². The topological polar surface area (TPSA) is 24.9 Å². The van der Waals surface area contributed by atoms with E-state index in [0.29, 0.717) is 5.88 Å². The Bertz CT molecular complexity index is 384. The van der Waals surface area contributed by atoms with Crippen LogP contribution in [0.4, 0.5) is 0 Å². The van der Waals surface area contributed by atoms with Gasteiger partial charge in [-0.15, -0.1) is 11.6 Å². The van der Waals surface area contributed by atoms with Crippen LogP contribution < -0.4 is 5.32 Å². The molecule has 1 aliphatic rings. The minimum absolute atomic E-state index is 0.137. The van der Waals surface area contributed by atoms with Gasteiger partial charge in [0, 0.05) is 30.4 Å². The van der Waals surface area contributed by atoms with E-state index in [2.05, 4.69) is 30.2 Å². The number of hydrogen-bond acceptors (Lipinski definition) is 2. The van der Waals surface area contributed by atoms with Crippen LogP contribution >= 0.6 is 11.6 Å². The lowest BCUT2D eigenvalue weighted by Crippen LogP contribution is -2.49. The molecule has 0 atom stereocenters. The molecule has 0 bridgehead atoms. The molecule has 0 amide bonds. The average molecular weight is 267 g/mol. The average Bonchev–Trinajstić information content (AvgIpc) is 2.39. The molecule has 18 heavy (non-hydrogen) atoms. The minimum atomic E-state index is 0.137. The molecule has 0 aliphatic heterocycles. The Balaban J connectivity index is 1.95. The van der Waals surface area contributed by atoms with Gasteiger partial charge in [-0.1, -0.05) is 13.0 Å². The first kappa shape index (κ1) is 13.8. The van der Waals surface area contributed by atoms with E-state index >= 15 is 0 Å². The normalized spacial score (nSPS) is 28.3. The smallest absolute Gasteiger partial charge is 0.0406 e. The summed E-state index contributed by atoms with van der Waals surface area (Å²) in [6.45, 7) is 5.29. The van der Waals surface area contributed by atoms with E-state index in [1.54, 1.807) is 0 Å². The fourth-order valence-corrected chi connectivity index (χ4v) is 3.04. The Morgan fingerprint density at radius 2 is 2.11 bits per heavy atom. The van der Waals surface area contributed by atoms with Gasteiger partial charge in [0.25, 0.3) is 0 Å². The van der Waals surface area contributed by atoms with E-state index in [-0.39, 0.29) is 5.54 Å². The summed E-state index contributed by atoms with van der Waals surface area (Å²) in [4.78, 5) is 4.24. The van der Waals surface area contributed by atoms with Gasteiger partial charge in [0.15, 0.2) is 0 Å². The van der Waals surface area contributed by atoms with Gasteiger partial charge in [-0.25, -0.2) is 0 Å². The number of halogens is 1. The van der Waals surface area contributed by atoms with Crippen molar-refractivity contribution in [1.29, 1.82) is 0 Å². The number of pyridine rings is 1. The maximum atomic E-state index is 6.20. The fraction of sp³-hybridized carbons (Fsp3) is 0.667. The van der Waals surface area contributed by atoms with Crippen LogP contribution in [-0.2, 0) is 6.54 Å². The molecule has 1 aromatic rings. The highest BCUT2D eigenvalue weighted by Gasteiger charge is 2.32. The van der Waals surface area contributed by atoms with Crippen molar-refractivity contribution in [3.63, 3.8) is 0 Å². The van der Waals surface area contributed by atoms with E-state index in [0.717, 1.165) is 12.5 Å². The SMILES string of the molecule is Cc1cncc(CNC2(CCl)CCC(C)CC2)c1. The van der Waals surface area contributed by atoms with Gasteiger partial charge in [-0.2, -0.15) is 0 Å². The minimum Gasteiger partial charge on any atom is -0.306 e. The molecule has 1 heterocycles. The summed E-state index contributed by atoms with van der Waals surface area (Å²) in [6.07, 6.45) is 8.78. The van der Waals surface area contributed by atoms with Gasteiger partial charge in [0.05, 0.1) is 0 Å². The van der Waals surface area contributed by atoms with Crippen molar-refractivity contribution in [2.45, 2.75) is 51.6 Å². The van der Waals surface area contributed by atoms with Crippen molar-refractivity contribution >= 4 is 11.6 Å². The number of aromatic nitrogens is 1. The number of hydrogen-bond donors (Lipinski definition) is 1. The fourth-order valence-electron chi connectivity index (χ4n) is 2.68. The Labute approximate surface area is 115 Å². The predicted octanol–water partition coefficient (Wildman–Crippen LogP) is 3.67. The van der Waals surface area contributed by atoms with E-state index in [1.807, 2.05) is 12.4 Å². The molecule has 1 fully saturated rings. The van der Waals surface area contributed by atoms with Crippen molar-refractivity contribution in [2.24, 2.45) is 5.92 Å². The van der Waals surface area contributed by atoms with Gasteiger partial charge in [0.1, 0.15) is 0 Å². The Kier molecular flexibility index (Phi) is 4.63. The maximum absolute atomic E-state index is 6.20. The molecule has 2 nitrogen and oxygen atoms in total. The van der Waals surface area contributed by atoms with E-state index in [4.69, 9.17) is 11.6 Å². The summed E-state index contributed by atoms with van der Waals surface area (Å²) < 4.78 is 0. The van der Waals surface area contributed by atoms with Gasteiger partial charge < -0.3 is 5.32 Å². The third-order valence-corrected chi connectivity index (χ3v) is 4.60. The molecule has 1 aromatic heterocycles. The molecular weight excluding hydrogens is 244 g/mol. The molecule has 0 spiro atoms. The van der Waals surface area contributed by atoms with Crippen LogP contribution in [0.3, 0.4) is 0 Å². The highest BCUT2D eigenvalue weighted by Crippen LogP contribution is 2.33. The molecule has 1 aliphatic carbocycles. The highest BCUT2D eigenvalue weighted by atomic mass is 35.5. The maximum Gasteiger partial charge on any atom is 0.0406 e.